The van der Waals surface area contributed by atoms with Crippen molar-refractivity contribution in [3.8, 4) is 0 Å². The van der Waals surface area contributed by atoms with Gasteiger partial charge in [-0.2, -0.15) is 0 Å². The average molecular weight is 264 g/mol. The molecule has 104 valence electrons. The summed E-state index contributed by atoms with van der Waals surface area (Å²) in [4.78, 5) is 28.1. The molecule has 0 saturated heterocycles. The Hall–Kier alpha value is -1.69. The normalized spacial score (nSPS) is 13.9. The molecule has 0 atom stereocenters. The van der Waals surface area contributed by atoms with Crippen LogP contribution < -0.4 is 16.2 Å². The molecule has 6 nitrogen and oxygen atoms in total. The second-order valence-corrected chi connectivity index (χ2v) is 4.73. The molecule has 6 heteroatoms. The molecule has 2 rings (SSSR count). The minimum Gasteiger partial charge on any atom is -0.355 e. The Kier molecular flexibility index (Phi) is 4.68. The lowest BCUT2D eigenvalue weighted by molar-refractivity contribution is -0.121. The van der Waals surface area contributed by atoms with Gasteiger partial charge in [-0.3, -0.25) is 14.2 Å². The van der Waals surface area contributed by atoms with Gasteiger partial charge < -0.3 is 10.6 Å². The standard InChI is InChI=1S/C13H20N4O2/c1-2-3-5-15-12(18)8-17-9-16-11-7-14-6-4-10(11)13(17)19/h9,14H,2-8H2,1H3,(H,15,18). The number of nitrogens with zero attached hydrogens (tertiary/aromatic N) is 2. The average Bonchev–Trinajstić information content (AvgIpc) is 2.43. The van der Waals surface area contributed by atoms with Crippen LogP contribution in [0.1, 0.15) is 31.0 Å². The molecule has 0 spiro atoms. The Morgan fingerprint density at radius 1 is 1.58 bits per heavy atom. The Morgan fingerprint density at radius 2 is 2.42 bits per heavy atom. The summed E-state index contributed by atoms with van der Waals surface area (Å²) >= 11 is 0. The lowest BCUT2D eigenvalue weighted by Crippen LogP contribution is -2.37. The zero-order valence-electron chi connectivity index (χ0n) is 11.2. The summed E-state index contributed by atoms with van der Waals surface area (Å²) in [5.74, 6) is -0.133. The molecule has 19 heavy (non-hydrogen) atoms. The van der Waals surface area contributed by atoms with Gasteiger partial charge in [-0.15, -0.1) is 0 Å². The largest absolute Gasteiger partial charge is 0.355 e. The predicted octanol–water partition coefficient (Wildman–Crippen LogP) is -0.195. The second-order valence-electron chi connectivity index (χ2n) is 4.73. The Bertz CT molecular complexity index is 510. The van der Waals surface area contributed by atoms with Crippen molar-refractivity contribution in [3.63, 3.8) is 0 Å². The highest BCUT2D eigenvalue weighted by molar-refractivity contribution is 5.75. The van der Waals surface area contributed by atoms with E-state index in [1.54, 1.807) is 0 Å². The number of amides is 1. The van der Waals surface area contributed by atoms with E-state index in [-0.39, 0.29) is 18.0 Å². The minimum atomic E-state index is -0.133. The molecule has 1 aliphatic rings. The molecule has 0 unspecified atom stereocenters. The Labute approximate surface area is 112 Å². The number of rotatable bonds is 5. The summed E-state index contributed by atoms with van der Waals surface area (Å²) < 4.78 is 1.39. The van der Waals surface area contributed by atoms with E-state index in [9.17, 15) is 9.59 Å². The first-order chi connectivity index (χ1) is 9.22. The molecule has 2 N–H and O–H groups in total. The van der Waals surface area contributed by atoms with Crippen molar-refractivity contribution in [3.05, 3.63) is 27.9 Å². The maximum Gasteiger partial charge on any atom is 0.257 e. The fourth-order valence-corrected chi connectivity index (χ4v) is 2.12. The summed E-state index contributed by atoms with van der Waals surface area (Å²) in [6.45, 7) is 4.20. The molecule has 0 radical (unpaired) electrons. The van der Waals surface area contributed by atoms with Crippen LogP contribution >= 0.6 is 0 Å². The van der Waals surface area contributed by atoms with E-state index in [1.807, 2.05) is 0 Å². The predicted molar refractivity (Wildman–Crippen MR) is 71.8 cm³/mol. The highest BCUT2D eigenvalue weighted by atomic mass is 16.2. The van der Waals surface area contributed by atoms with E-state index in [4.69, 9.17) is 0 Å². The second kappa shape index (κ2) is 6.47. The number of hydrogen-bond donors (Lipinski definition) is 2. The summed E-state index contributed by atoms with van der Waals surface area (Å²) in [5.41, 5.74) is 1.46. The van der Waals surface area contributed by atoms with Gasteiger partial charge in [0.2, 0.25) is 5.91 Å². The van der Waals surface area contributed by atoms with Gasteiger partial charge in [0.15, 0.2) is 0 Å². The van der Waals surface area contributed by atoms with Crippen LogP contribution in [0.25, 0.3) is 0 Å². The fourth-order valence-electron chi connectivity index (χ4n) is 2.12. The van der Waals surface area contributed by atoms with Crippen LogP contribution in [0.15, 0.2) is 11.1 Å². The van der Waals surface area contributed by atoms with Gasteiger partial charge in [0, 0.05) is 18.7 Å². The molecule has 1 amide bonds. The maximum absolute atomic E-state index is 12.2. The Morgan fingerprint density at radius 3 is 3.21 bits per heavy atom. The summed E-state index contributed by atoms with van der Waals surface area (Å²) in [6, 6.07) is 0. The van der Waals surface area contributed by atoms with Crippen molar-refractivity contribution in [2.45, 2.75) is 39.3 Å². The molecule has 0 aromatic carbocycles. The van der Waals surface area contributed by atoms with Gasteiger partial charge in [0.05, 0.1) is 12.0 Å². The van der Waals surface area contributed by atoms with Crippen LogP contribution in [0.2, 0.25) is 0 Å². The molecule has 0 saturated carbocycles. The fraction of sp³-hybridized carbons (Fsp3) is 0.615. The van der Waals surface area contributed by atoms with Crippen LogP contribution in [0, 0.1) is 0 Å². The number of hydrogen-bond acceptors (Lipinski definition) is 4. The molecular formula is C13H20N4O2. The number of fused-ring (bicyclic) bond motifs is 1. The van der Waals surface area contributed by atoms with Crippen LogP contribution in [-0.2, 0) is 24.3 Å². The molecule has 1 aromatic heterocycles. The third-order valence-corrected chi connectivity index (χ3v) is 3.23. The molecule has 2 heterocycles. The minimum absolute atomic E-state index is 0.0518. The van der Waals surface area contributed by atoms with Gasteiger partial charge >= 0.3 is 0 Å². The molecule has 0 aliphatic carbocycles. The van der Waals surface area contributed by atoms with Crippen LogP contribution in [0.4, 0.5) is 0 Å². The summed E-state index contributed by atoms with van der Waals surface area (Å²) in [5, 5.41) is 5.97. The zero-order chi connectivity index (χ0) is 13.7. The molecule has 0 fully saturated rings. The van der Waals surface area contributed by atoms with Gasteiger partial charge in [-0.1, -0.05) is 13.3 Å². The first-order valence-corrected chi connectivity index (χ1v) is 6.77. The van der Waals surface area contributed by atoms with Gasteiger partial charge in [0.1, 0.15) is 6.54 Å². The maximum atomic E-state index is 12.2. The zero-order valence-corrected chi connectivity index (χ0v) is 11.2. The van der Waals surface area contributed by atoms with E-state index in [1.165, 1.54) is 10.9 Å². The van der Waals surface area contributed by atoms with Crippen molar-refractivity contribution in [1.29, 1.82) is 0 Å². The van der Waals surface area contributed by atoms with Crippen molar-refractivity contribution < 1.29 is 4.79 Å². The van der Waals surface area contributed by atoms with Gasteiger partial charge in [0.25, 0.3) is 5.56 Å². The monoisotopic (exact) mass is 264 g/mol. The van der Waals surface area contributed by atoms with Crippen LogP contribution in [0.5, 0.6) is 0 Å². The van der Waals surface area contributed by atoms with Crippen LogP contribution in [-0.4, -0.2) is 28.5 Å². The number of nitrogens with one attached hydrogen (secondary N) is 2. The lowest BCUT2D eigenvalue weighted by Gasteiger charge is -2.16. The van der Waals surface area contributed by atoms with Crippen molar-refractivity contribution in [1.82, 2.24) is 20.2 Å². The third kappa shape index (κ3) is 3.41. The SMILES string of the molecule is CCCCNC(=O)Cn1cnc2c(c1=O)CCNC2. The van der Waals surface area contributed by atoms with E-state index in [0.717, 1.165) is 30.6 Å². The first kappa shape index (κ1) is 13.7. The highest BCUT2D eigenvalue weighted by Gasteiger charge is 2.16. The van der Waals surface area contributed by atoms with E-state index >= 15 is 0 Å². The number of carbonyl (C=O) groups is 1. The smallest absolute Gasteiger partial charge is 0.257 e. The van der Waals surface area contributed by atoms with Crippen molar-refractivity contribution in [2.24, 2.45) is 0 Å². The van der Waals surface area contributed by atoms with E-state index in [0.29, 0.717) is 19.5 Å². The molecular weight excluding hydrogens is 244 g/mol. The highest BCUT2D eigenvalue weighted by Crippen LogP contribution is 2.05. The van der Waals surface area contributed by atoms with E-state index < -0.39 is 0 Å². The van der Waals surface area contributed by atoms with Crippen molar-refractivity contribution >= 4 is 5.91 Å². The Balaban J connectivity index is 2.05. The summed E-state index contributed by atoms with van der Waals surface area (Å²) in [6.07, 6.45) is 4.13. The summed E-state index contributed by atoms with van der Waals surface area (Å²) in [7, 11) is 0. The molecule has 0 bridgehead atoms. The third-order valence-electron chi connectivity index (χ3n) is 3.23. The number of unbranched alkanes of at least 4 members (excludes halogenated alkanes) is 1. The number of aromatic nitrogens is 2. The van der Waals surface area contributed by atoms with E-state index in [2.05, 4.69) is 22.5 Å². The lowest BCUT2D eigenvalue weighted by atomic mass is 10.1. The molecule has 1 aliphatic heterocycles. The quantitative estimate of drug-likeness (QED) is 0.723. The topological polar surface area (TPSA) is 76.0 Å². The molecule has 1 aromatic rings. The van der Waals surface area contributed by atoms with Gasteiger partial charge in [-0.05, 0) is 19.4 Å². The first-order valence-electron chi connectivity index (χ1n) is 6.77. The van der Waals surface area contributed by atoms with Crippen molar-refractivity contribution in [2.75, 3.05) is 13.1 Å². The van der Waals surface area contributed by atoms with Gasteiger partial charge in [-0.25, -0.2) is 4.98 Å². The van der Waals surface area contributed by atoms with Crippen LogP contribution in [0.3, 0.4) is 0 Å². The number of carbonyl (C=O) groups excluding carboxylic acids is 1.